The average molecular weight is 464 g/mol. The van der Waals surface area contributed by atoms with Gasteiger partial charge in [0.15, 0.2) is 0 Å². The van der Waals surface area contributed by atoms with Crippen LogP contribution in [0.4, 0.5) is 9.18 Å². The summed E-state index contributed by atoms with van der Waals surface area (Å²) >= 11 is 1.66. The summed E-state index contributed by atoms with van der Waals surface area (Å²) in [5, 5.41) is 4.84. The summed E-state index contributed by atoms with van der Waals surface area (Å²) in [7, 11) is 1.56. The molecule has 1 unspecified atom stereocenters. The molecule has 2 aromatic rings. The van der Waals surface area contributed by atoms with Gasteiger partial charge < -0.3 is 24.6 Å². The number of methoxy groups -OCH3 is 1. The van der Waals surface area contributed by atoms with Gasteiger partial charge in [0, 0.05) is 37.7 Å². The van der Waals surface area contributed by atoms with E-state index in [1.165, 1.54) is 21.9 Å². The summed E-state index contributed by atoms with van der Waals surface area (Å²) in [5.41, 5.74) is 1.05. The van der Waals surface area contributed by atoms with Gasteiger partial charge >= 0.3 is 6.03 Å². The highest BCUT2D eigenvalue weighted by Gasteiger charge is 2.33. The van der Waals surface area contributed by atoms with Crippen molar-refractivity contribution in [1.82, 2.24) is 15.1 Å². The Balaban J connectivity index is 1.73. The van der Waals surface area contributed by atoms with E-state index in [2.05, 4.69) is 5.32 Å². The Bertz CT molecular complexity index is 907. The molecule has 1 aliphatic heterocycles. The van der Waals surface area contributed by atoms with Crippen LogP contribution in [0.25, 0.3) is 0 Å². The van der Waals surface area contributed by atoms with Crippen molar-refractivity contribution < 1.29 is 23.5 Å². The second-order valence-electron chi connectivity index (χ2n) is 7.57. The van der Waals surface area contributed by atoms with Crippen molar-refractivity contribution in [2.75, 3.05) is 46.5 Å². The third kappa shape index (κ3) is 6.20. The number of nitrogens with one attached hydrogen (secondary N) is 1. The molecule has 0 spiro atoms. The van der Waals surface area contributed by atoms with Gasteiger partial charge in [-0.3, -0.25) is 4.79 Å². The molecule has 1 aromatic carbocycles. The molecule has 1 atom stereocenters. The molecular weight excluding hydrogens is 433 g/mol. The fourth-order valence-electron chi connectivity index (χ4n) is 3.66. The van der Waals surface area contributed by atoms with Crippen molar-refractivity contribution in [3.8, 4) is 5.75 Å². The van der Waals surface area contributed by atoms with Gasteiger partial charge in [0.05, 0.1) is 12.6 Å². The molecule has 3 amide bonds. The third-order valence-electron chi connectivity index (χ3n) is 5.32. The van der Waals surface area contributed by atoms with Crippen LogP contribution in [0.1, 0.15) is 29.8 Å². The molecule has 1 aliphatic rings. The van der Waals surface area contributed by atoms with Gasteiger partial charge in [0.25, 0.3) is 0 Å². The van der Waals surface area contributed by atoms with Crippen molar-refractivity contribution in [2.24, 2.45) is 0 Å². The predicted molar refractivity (Wildman–Crippen MR) is 122 cm³/mol. The maximum Gasteiger partial charge on any atom is 0.317 e. The Hall–Kier alpha value is -2.65. The molecule has 32 heavy (non-hydrogen) atoms. The molecule has 1 aromatic heterocycles. The highest BCUT2D eigenvalue weighted by Crippen LogP contribution is 2.34. The SMILES string of the molecule is CCCNC(=O)N(CCOC)CC(=O)N1CCc2sccc2C1COc1cccc(F)c1. The van der Waals surface area contributed by atoms with Crippen molar-refractivity contribution in [3.63, 3.8) is 0 Å². The van der Waals surface area contributed by atoms with Crippen molar-refractivity contribution in [2.45, 2.75) is 25.8 Å². The first-order valence-electron chi connectivity index (χ1n) is 10.8. The smallest absolute Gasteiger partial charge is 0.317 e. The first-order chi connectivity index (χ1) is 15.5. The van der Waals surface area contributed by atoms with Gasteiger partial charge in [-0.25, -0.2) is 9.18 Å². The van der Waals surface area contributed by atoms with Crippen molar-refractivity contribution in [1.29, 1.82) is 0 Å². The molecule has 0 aliphatic carbocycles. The Morgan fingerprint density at radius 3 is 2.94 bits per heavy atom. The molecule has 1 N–H and O–H groups in total. The van der Waals surface area contributed by atoms with Crippen LogP contribution in [0.2, 0.25) is 0 Å². The lowest BCUT2D eigenvalue weighted by Crippen LogP contribution is -2.50. The number of nitrogens with zero attached hydrogens (tertiary/aromatic N) is 2. The van der Waals surface area contributed by atoms with Crippen LogP contribution in [0, 0.1) is 5.82 Å². The number of hydrogen-bond acceptors (Lipinski definition) is 5. The average Bonchev–Trinajstić information content (AvgIpc) is 3.27. The van der Waals surface area contributed by atoms with E-state index < -0.39 is 0 Å². The molecule has 174 valence electrons. The number of fused-ring (bicyclic) bond motifs is 1. The first-order valence-corrected chi connectivity index (χ1v) is 11.7. The summed E-state index contributed by atoms with van der Waals surface area (Å²) in [5.74, 6) is -0.111. The number of carbonyl (C=O) groups is 2. The molecule has 0 radical (unpaired) electrons. The number of ether oxygens (including phenoxy) is 2. The van der Waals surface area contributed by atoms with Crippen LogP contribution in [0.15, 0.2) is 35.7 Å². The maximum absolute atomic E-state index is 13.5. The lowest BCUT2D eigenvalue weighted by Gasteiger charge is -2.37. The van der Waals surface area contributed by atoms with Gasteiger partial charge in [-0.15, -0.1) is 11.3 Å². The monoisotopic (exact) mass is 463 g/mol. The molecule has 0 saturated carbocycles. The Morgan fingerprint density at radius 1 is 1.34 bits per heavy atom. The fourth-order valence-corrected chi connectivity index (χ4v) is 4.59. The minimum absolute atomic E-state index is 0.0468. The van der Waals surface area contributed by atoms with E-state index in [0.29, 0.717) is 32.0 Å². The highest BCUT2D eigenvalue weighted by atomic mass is 32.1. The van der Waals surface area contributed by atoms with E-state index in [0.717, 1.165) is 18.4 Å². The number of rotatable bonds is 10. The Kier molecular flexibility index (Phi) is 8.87. The molecule has 0 saturated heterocycles. The fraction of sp³-hybridized carbons (Fsp3) is 0.478. The minimum atomic E-state index is -0.373. The molecule has 2 heterocycles. The highest BCUT2D eigenvalue weighted by molar-refractivity contribution is 7.10. The standard InChI is InChI=1S/C23H30FN3O4S/c1-3-9-25-23(29)26(11-12-30-2)15-22(28)27-10-7-21-19(8-13-32-21)20(27)16-31-18-6-4-5-17(24)14-18/h4-6,8,13-14,20H,3,7,9-12,15-16H2,1-2H3,(H,25,29). The molecule has 7 nitrogen and oxygen atoms in total. The maximum atomic E-state index is 13.5. The molecule has 0 fully saturated rings. The van der Waals surface area contributed by atoms with Gasteiger partial charge in [0.1, 0.15) is 24.7 Å². The van der Waals surface area contributed by atoms with Crippen LogP contribution < -0.4 is 10.1 Å². The lowest BCUT2D eigenvalue weighted by atomic mass is 10.0. The third-order valence-corrected chi connectivity index (χ3v) is 6.32. The number of hydrogen-bond donors (Lipinski definition) is 1. The van der Waals surface area contributed by atoms with E-state index in [1.54, 1.807) is 35.5 Å². The molecular formula is C23H30FN3O4S. The largest absolute Gasteiger partial charge is 0.491 e. The van der Waals surface area contributed by atoms with Crippen molar-refractivity contribution in [3.05, 3.63) is 52.0 Å². The quantitative estimate of drug-likeness (QED) is 0.586. The zero-order valence-corrected chi connectivity index (χ0v) is 19.3. The van der Waals surface area contributed by atoms with E-state index in [-0.39, 0.29) is 36.9 Å². The Morgan fingerprint density at radius 2 is 2.19 bits per heavy atom. The van der Waals surface area contributed by atoms with Gasteiger partial charge in [-0.1, -0.05) is 13.0 Å². The van der Waals surface area contributed by atoms with E-state index in [1.807, 2.05) is 18.4 Å². The summed E-state index contributed by atoms with van der Waals surface area (Å²) in [6.07, 6.45) is 1.57. The van der Waals surface area contributed by atoms with Gasteiger partial charge in [0.2, 0.25) is 5.91 Å². The topological polar surface area (TPSA) is 71.1 Å². The van der Waals surface area contributed by atoms with E-state index in [9.17, 15) is 14.0 Å². The zero-order chi connectivity index (χ0) is 22.9. The first kappa shape index (κ1) is 24.0. The predicted octanol–water partition coefficient (Wildman–Crippen LogP) is 3.46. The zero-order valence-electron chi connectivity index (χ0n) is 18.5. The number of thiophene rings is 1. The van der Waals surface area contributed by atoms with Gasteiger partial charge in [-0.05, 0) is 42.0 Å². The van der Waals surface area contributed by atoms with Crippen LogP contribution in [-0.4, -0.2) is 68.2 Å². The van der Waals surface area contributed by atoms with Crippen LogP contribution in [0.5, 0.6) is 5.75 Å². The summed E-state index contributed by atoms with van der Waals surface area (Å²) in [6.45, 7) is 3.88. The number of amides is 3. The number of benzene rings is 1. The Labute approximate surface area is 192 Å². The normalized spacial score (nSPS) is 15.2. The van der Waals surface area contributed by atoms with Crippen LogP contribution in [-0.2, 0) is 16.0 Å². The van der Waals surface area contributed by atoms with Gasteiger partial charge in [-0.2, -0.15) is 0 Å². The molecule has 0 bridgehead atoms. The molecule has 9 heteroatoms. The number of urea groups is 1. The number of carbonyl (C=O) groups excluding carboxylic acids is 2. The minimum Gasteiger partial charge on any atom is -0.491 e. The van der Waals surface area contributed by atoms with Crippen LogP contribution >= 0.6 is 11.3 Å². The van der Waals surface area contributed by atoms with Crippen LogP contribution in [0.3, 0.4) is 0 Å². The second-order valence-corrected chi connectivity index (χ2v) is 8.57. The van der Waals surface area contributed by atoms with Crippen molar-refractivity contribution >= 4 is 23.3 Å². The number of halogens is 1. The lowest BCUT2D eigenvalue weighted by molar-refractivity contribution is -0.135. The summed E-state index contributed by atoms with van der Waals surface area (Å²) in [4.78, 5) is 30.3. The summed E-state index contributed by atoms with van der Waals surface area (Å²) in [6, 6.07) is 7.40. The second kappa shape index (κ2) is 11.8. The van der Waals surface area contributed by atoms with E-state index in [4.69, 9.17) is 9.47 Å². The van der Waals surface area contributed by atoms with E-state index >= 15 is 0 Å². The summed E-state index contributed by atoms with van der Waals surface area (Å²) < 4.78 is 24.5. The molecule has 3 rings (SSSR count).